The molecule has 0 aliphatic carbocycles. The van der Waals surface area contributed by atoms with Crippen LogP contribution in [0.3, 0.4) is 0 Å². The number of carbonyl (C=O) groups excluding carboxylic acids is 4. The molecule has 0 aromatic heterocycles. The molecule has 1 saturated heterocycles. The molecular formula is C21H18Cl2N4O4S. The van der Waals surface area contributed by atoms with Gasteiger partial charge in [-0.3, -0.25) is 19.3 Å². The first-order valence-electron chi connectivity index (χ1n) is 9.35. The fourth-order valence-electron chi connectivity index (χ4n) is 2.80. The minimum absolute atomic E-state index is 0.0305. The van der Waals surface area contributed by atoms with Crippen LogP contribution >= 0.6 is 35.0 Å². The van der Waals surface area contributed by atoms with Crippen molar-refractivity contribution in [3.05, 3.63) is 74.1 Å². The highest BCUT2D eigenvalue weighted by molar-refractivity contribution is 8.18. The molecule has 0 radical (unpaired) electrons. The normalized spacial score (nSPS) is 14.7. The maximum absolute atomic E-state index is 12.6. The summed E-state index contributed by atoms with van der Waals surface area (Å²) in [5, 5.41) is 5.55. The van der Waals surface area contributed by atoms with E-state index in [2.05, 4.69) is 10.6 Å². The SMILES string of the molecule is NC(=O)NCc1ccc(C(=O)NCCN2C(=O)S/C(=C\c3ccc(Cl)cc3Cl)C2=O)cc1. The van der Waals surface area contributed by atoms with Crippen molar-refractivity contribution in [2.24, 2.45) is 5.73 Å². The molecule has 11 heteroatoms. The van der Waals surface area contributed by atoms with Crippen molar-refractivity contribution in [1.82, 2.24) is 15.5 Å². The number of urea groups is 1. The van der Waals surface area contributed by atoms with Gasteiger partial charge in [0, 0.05) is 35.2 Å². The standard InChI is InChI=1S/C21H18Cl2N4O4S/c22-15-6-5-14(16(23)10-15)9-17-19(29)27(21(31)32-17)8-7-25-18(28)13-3-1-12(2-4-13)11-26-20(24)30/h1-6,9-10H,7-8,11H2,(H,25,28)(H3,24,26,30)/b17-9-. The third-order valence-electron chi connectivity index (χ3n) is 4.43. The molecule has 32 heavy (non-hydrogen) atoms. The number of amides is 5. The van der Waals surface area contributed by atoms with Gasteiger partial charge >= 0.3 is 6.03 Å². The predicted octanol–water partition coefficient (Wildman–Crippen LogP) is 3.63. The van der Waals surface area contributed by atoms with E-state index in [9.17, 15) is 19.2 Å². The van der Waals surface area contributed by atoms with Gasteiger partial charge in [0.25, 0.3) is 17.1 Å². The van der Waals surface area contributed by atoms with Crippen molar-refractivity contribution in [2.75, 3.05) is 13.1 Å². The van der Waals surface area contributed by atoms with Crippen molar-refractivity contribution in [3.63, 3.8) is 0 Å². The molecule has 2 aromatic carbocycles. The Morgan fingerprint density at radius 1 is 1.06 bits per heavy atom. The Kier molecular flexibility index (Phi) is 7.79. The summed E-state index contributed by atoms with van der Waals surface area (Å²) in [6, 6.07) is 10.8. The average molecular weight is 493 g/mol. The highest BCUT2D eigenvalue weighted by Crippen LogP contribution is 2.33. The van der Waals surface area contributed by atoms with Crippen LogP contribution in [-0.2, 0) is 11.3 Å². The van der Waals surface area contributed by atoms with Crippen molar-refractivity contribution >= 4 is 64.1 Å². The summed E-state index contributed by atoms with van der Waals surface area (Å²) in [5.74, 6) is -0.804. The number of imide groups is 1. The van der Waals surface area contributed by atoms with E-state index in [1.165, 1.54) is 6.08 Å². The van der Waals surface area contributed by atoms with Crippen LogP contribution in [0.4, 0.5) is 9.59 Å². The summed E-state index contributed by atoms with van der Waals surface area (Å²) < 4.78 is 0. The van der Waals surface area contributed by atoms with Crippen molar-refractivity contribution < 1.29 is 19.2 Å². The summed E-state index contributed by atoms with van der Waals surface area (Å²) >= 11 is 12.8. The van der Waals surface area contributed by atoms with Gasteiger partial charge in [-0.05, 0) is 53.2 Å². The lowest BCUT2D eigenvalue weighted by Crippen LogP contribution is -2.37. The molecule has 1 aliphatic heterocycles. The number of carbonyl (C=O) groups is 4. The Morgan fingerprint density at radius 2 is 1.78 bits per heavy atom. The van der Waals surface area contributed by atoms with Gasteiger partial charge in [-0.2, -0.15) is 0 Å². The van der Waals surface area contributed by atoms with E-state index in [4.69, 9.17) is 28.9 Å². The molecule has 0 unspecified atom stereocenters. The van der Waals surface area contributed by atoms with Crippen LogP contribution in [0.5, 0.6) is 0 Å². The van der Waals surface area contributed by atoms with Crippen LogP contribution < -0.4 is 16.4 Å². The Labute approximate surface area is 198 Å². The fraction of sp³-hybridized carbons (Fsp3) is 0.143. The molecule has 0 spiro atoms. The number of halogens is 2. The highest BCUT2D eigenvalue weighted by Gasteiger charge is 2.34. The molecule has 8 nitrogen and oxygen atoms in total. The maximum atomic E-state index is 12.6. The molecule has 0 bridgehead atoms. The van der Waals surface area contributed by atoms with Gasteiger partial charge in [-0.15, -0.1) is 0 Å². The van der Waals surface area contributed by atoms with E-state index >= 15 is 0 Å². The monoisotopic (exact) mass is 492 g/mol. The average Bonchev–Trinajstić information content (AvgIpc) is 3.01. The number of primary amides is 1. The summed E-state index contributed by atoms with van der Waals surface area (Å²) in [6.45, 7) is 0.380. The lowest BCUT2D eigenvalue weighted by Gasteiger charge is -2.13. The van der Waals surface area contributed by atoms with E-state index in [-0.39, 0.29) is 30.4 Å². The largest absolute Gasteiger partial charge is 0.352 e. The fourth-order valence-corrected chi connectivity index (χ4v) is 4.12. The number of thioether (sulfide) groups is 1. The smallest absolute Gasteiger partial charge is 0.312 e. The van der Waals surface area contributed by atoms with E-state index in [0.29, 0.717) is 21.2 Å². The zero-order valence-electron chi connectivity index (χ0n) is 16.6. The first kappa shape index (κ1) is 23.6. The third-order valence-corrected chi connectivity index (χ3v) is 5.90. The zero-order valence-corrected chi connectivity index (χ0v) is 18.9. The second kappa shape index (κ2) is 10.5. The first-order chi connectivity index (χ1) is 15.2. The van der Waals surface area contributed by atoms with Gasteiger partial charge < -0.3 is 16.4 Å². The van der Waals surface area contributed by atoms with Crippen LogP contribution in [0.1, 0.15) is 21.5 Å². The van der Waals surface area contributed by atoms with E-state index < -0.39 is 17.2 Å². The number of rotatable bonds is 7. The van der Waals surface area contributed by atoms with Crippen molar-refractivity contribution in [1.29, 1.82) is 0 Å². The molecular weight excluding hydrogens is 475 g/mol. The summed E-state index contributed by atoms with van der Waals surface area (Å²) in [6.07, 6.45) is 1.54. The molecule has 4 N–H and O–H groups in total. The van der Waals surface area contributed by atoms with Gasteiger partial charge in [0.05, 0.1) is 4.91 Å². The molecule has 0 atom stereocenters. The Bertz CT molecular complexity index is 1110. The minimum Gasteiger partial charge on any atom is -0.352 e. The van der Waals surface area contributed by atoms with Crippen LogP contribution in [0.2, 0.25) is 10.0 Å². The number of benzene rings is 2. The number of hydrogen-bond donors (Lipinski definition) is 3. The molecule has 0 saturated carbocycles. The molecule has 5 amide bonds. The maximum Gasteiger partial charge on any atom is 0.312 e. The van der Waals surface area contributed by atoms with Gasteiger partial charge in [0.2, 0.25) is 0 Å². The molecule has 166 valence electrons. The quantitative estimate of drug-likeness (QED) is 0.509. The molecule has 1 heterocycles. The summed E-state index contributed by atoms with van der Waals surface area (Å²) in [4.78, 5) is 49.2. The lowest BCUT2D eigenvalue weighted by atomic mass is 10.1. The van der Waals surface area contributed by atoms with Crippen LogP contribution in [0.25, 0.3) is 6.08 Å². The third kappa shape index (κ3) is 6.03. The zero-order chi connectivity index (χ0) is 23.3. The van der Waals surface area contributed by atoms with E-state index in [1.807, 2.05) is 0 Å². The van der Waals surface area contributed by atoms with Gasteiger partial charge in [0.1, 0.15) is 0 Å². The first-order valence-corrected chi connectivity index (χ1v) is 10.9. The Hall–Kier alpha value is -3.01. The summed E-state index contributed by atoms with van der Waals surface area (Å²) in [7, 11) is 0. The molecule has 1 aliphatic rings. The Balaban J connectivity index is 1.55. The van der Waals surface area contributed by atoms with Gasteiger partial charge in [-0.1, -0.05) is 41.4 Å². The van der Waals surface area contributed by atoms with Gasteiger partial charge in [-0.25, -0.2) is 4.79 Å². The minimum atomic E-state index is -0.634. The Morgan fingerprint density at radius 3 is 2.44 bits per heavy atom. The number of nitrogens with two attached hydrogens (primary N) is 1. The number of hydrogen-bond acceptors (Lipinski definition) is 5. The second-order valence-electron chi connectivity index (χ2n) is 6.67. The number of nitrogens with one attached hydrogen (secondary N) is 2. The predicted molar refractivity (Wildman–Crippen MR) is 124 cm³/mol. The highest BCUT2D eigenvalue weighted by atomic mass is 35.5. The molecule has 2 aromatic rings. The van der Waals surface area contributed by atoms with E-state index in [1.54, 1.807) is 42.5 Å². The van der Waals surface area contributed by atoms with Crippen molar-refractivity contribution in [2.45, 2.75) is 6.54 Å². The van der Waals surface area contributed by atoms with Gasteiger partial charge in [0.15, 0.2) is 0 Å². The van der Waals surface area contributed by atoms with Crippen molar-refractivity contribution in [3.8, 4) is 0 Å². The number of nitrogens with zero attached hydrogens (tertiary/aromatic N) is 1. The second-order valence-corrected chi connectivity index (χ2v) is 8.51. The lowest BCUT2D eigenvalue weighted by molar-refractivity contribution is -0.122. The molecule has 1 fully saturated rings. The van der Waals surface area contributed by atoms with Crippen LogP contribution in [-0.4, -0.2) is 41.1 Å². The summed E-state index contributed by atoms with van der Waals surface area (Å²) in [5.41, 5.74) is 6.78. The topological polar surface area (TPSA) is 122 Å². The van der Waals surface area contributed by atoms with Crippen LogP contribution in [0, 0.1) is 0 Å². The molecule has 3 rings (SSSR count). The van der Waals surface area contributed by atoms with Crippen LogP contribution in [0.15, 0.2) is 47.4 Å². The van der Waals surface area contributed by atoms with E-state index in [0.717, 1.165) is 22.2 Å².